The Hall–Kier alpha value is -2.44. The Morgan fingerprint density at radius 2 is 2.14 bits per heavy atom. The standard InChI is InChI=1S/C15H17N3O4/c1-8-7-10(12-9(2)17-22-13(12)16-8)14(19)18-6-4-3-5-11(18)15(20)21/h7,11H,3-6H2,1-2H3,(H,20,21)/t11-/m1/s1. The number of piperidine rings is 1. The van der Waals surface area contributed by atoms with Gasteiger partial charge in [0.05, 0.1) is 16.6 Å². The molecule has 3 rings (SSSR count). The van der Waals surface area contributed by atoms with Crippen molar-refractivity contribution in [2.24, 2.45) is 0 Å². The number of pyridine rings is 1. The summed E-state index contributed by atoms with van der Waals surface area (Å²) in [5, 5.41) is 13.8. The minimum absolute atomic E-state index is 0.297. The van der Waals surface area contributed by atoms with Crippen LogP contribution in [0.2, 0.25) is 0 Å². The third kappa shape index (κ3) is 2.32. The zero-order chi connectivity index (χ0) is 15.9. The quantitative estimate of drug-likeness (QED) is 0.910. The number of aliphatic carboxylic acids is 1. The van der Waals surface area contributed by atoms with Gasteiger partial charge in [-0.3, -0.25) is 4.79 Å². The fourth-order valence-corrected chi connectivity index (χ4v) is 2.97. The Balaban J connectivity index is 2.08. The molecule has 3 heterocycles. The highest BCUT2D eigenvalue weighted by atomic mass is 16.5. The van der Waals surface area contributed by atoms with Crippen LogP contribution in [0.3, 0.4) is 0 Å². The Morgan fingerprint density at radius 1 is 1.36 bits per heavy atom. The van der Waals surface area contributed by atoms with Crippen LogP contribution >= 0.6 is 0 Å². The van der Waals surface area contributed by atoms with Crippen molar-refractivity contribution in [1.82, 2.24) is 15.0 Å². The number of carboxylic acids is 1. The first kappa shape index (κ1) is 14.5. The molecule has 0 saturated carbocycles. The molecule has 0 aromatic carbocycles. The second-order valence-corrected chi connectivity index (χ2v) is 5.61. The van der Waals surface area contributed by atoms with Gasteiger partial charge in [-0.15, -0.1) is 0 Å². The van der Waals surface area contributed by atoms with Crippen LogP contribution in [0.15, 0.2) is 10.6 Å². The van der Waals surface area contributed by atoms with Crippen molar-refractivity contribution in [2.45, 2.75) is 39.2 Å². The number of aromatic nitrogens is 2. The molecule has 22 heavy (non-hydrogen) atoms. The number of likely N-dealkylation sites (tertiary alicyclic amines) is 1. The van der Waals surface area contributed by atoms with Crippen molar-refractivity contribution < 1.29 is 19.2 Å². The number of fused-ring (bicyclic) bond motifs is 1. The summed E-state index contributed by atoms with van der Waals surface area (Å²) in [6.45, 7) is 3.95. The largest absolute Gasteiger partial charge is 0.480 e. The second-order valence-electron chi connectivity index (χ2n) is 5.61. The minimum Gasteiger partial charge on any atom is -0.480 e. The molecule has 2 aromatic heterocycles. The first-order valence-electron chi connectivity index (χ1n) is 7.26. The summed E-state index contributed by atoms with van der Waals surface area (Å²) in [5.74, 6) is -1.26. The number of aryl methyl sites for hydroxylation is 2. The molecule has 7 nitrogen and oxygen atoms in total. The third-order valence-electron chi connectivity index (χ3n) is 4.02. The van der Waals surface area contributed by atoms with Crippen LogP contribution in [0.25, 0.3) is 11.1 Å². The van der Waals surface area contributed by atoms with Crippen molar-refractivity contribution in [3.8, 4) is 0 Å². The van der Waals surface area contributed by atoms with Crippen LogP contribution in [-0.2, 0) is 4.79 Å². The van der Waals surface area contributed by atoms with E-state index in [0.29, 0.717) is 41.0 Å². The van der Waals surface area contributed by atoms with Crippen LogP contribution in [0.1, 0.15) is 41.0 Å². The number of amides is 1. The van der Waals surface area contributed by atoms with E-state index >= 15 is 0 Å². The molecule has 1 saturated heterocycles. The number of rotatable bonds is 2. The van der Waals surface area contributed by atoms with Crippen molar-refractivity contribution >= 4 is 23.0 Å². The van der Waals surface area contributed by atoms with E-state index in [4.69, 9.17) is 4.52 Å². The molecule has 1 aliphatic rings. The Labute approximate surface area is 126 Å². The molecule has 0 bridgehead atoms. The Morgan fingerprint density at radius 3 is 2.86 bits per heavy atom. The SMILES string of the molecule is Cc1cc(C(=O)N2CCCC[C@@H]2C(=O)O)c2c(C)noc2n1. The van der Waals surface area contributed by atoms with Gasteiger partial charge in [-0.1, -0.05) is 5.16 Å². The molecule has 0 spiro atoms. The average Bonchev–Trinajstić information content (AvgIpc) is 2.86. The monoisotopic (exact) mass is 303 g/mol. The molecule has 116 valence electrons. The maximum absolute atomic E-state index is 12.9. The van der Waals surface area contributed by atoms with Crippen molar-refractivity contribution in [2.75, 3.05) is 6.54 Å². The summed E-state index contributed by atoms with van der Waals surface area (Å²) >= 11 is 0. The highest BCUT2D eigenvalue weighted by molar-refractivity contribution is 6.07. The van der Waals surface area contributed by atoms with E-state index in [2.05, 4.69) is 10.1 Å². The van der Waals surface area contributed by atoms with Gasteiger partial charge in [0.2, 0.25) is 0 Å². The molecular formula is C15H17N3O4. The first-order chi connectivity index (χ1) is 10.5. The zero-order valence-corrected chi connectivity index (χ0v) is 12.5. The van der Waals surface area contributed by atoms with Crippen LogP contribution in [0.5, 0.6) is 0 Å². The van der Waals surface area contributed by atoms with Gasteiger partial charge in [-0.05, 0) is 39.2 Å². The van der Waals surface area contributed by atoms with Gasteiger partial charge >= 0.3 is 5.97 Å². The second kappa shape index (κ2) is 5.40. The van der Waals surface area contributed by atoms with Gasteiger partial charge < -0.3 is 14.5 Å². The lowest BCUT2D eigenvalue weighted by atomic mass is 10.00. The Bertz CT molecular complexity index is 753. The fourth-order valence-electron chi connectivity index (χ4n) is 2.97. The topological polar surface area (TPSA) is 96.5 Å². The van der Waals surface area contributed by atoms with E-state index in [1.54, 1.807) is 19.9 Å². The van der Waals surface area contributed by atoms with Gasteiger partial charge in [0.25, 0.3) is 11.6 Å². The zero-order valence-electron chi connectivity index (χ0n) is 12.5. The van der Waals surface area contributed by atoms with E-state index in [1.807, 2.05) is 0 Å². The number of carbonyl (C=O) groups excluding carboxylic acids is 1. The normalized spacial score (nSPS) is 18.6. The molecule has 1 atom stereocenters. The molecule has 2 aromatic rings. The maximum Gasteiger partial charge on any atom is 0.326 e. The van der Waals surface area contributed by atoms with Gasteiger partial charge in [0, 0.05) is 12.2 Å². The van der Waals surface area contributed by atoms with Crippen LogP contribution in [0, 0.1) is 13.8 Å². The number of nitrogens with zero attached hydrogens (tertiary/aromatic N) is 3. The highest BCUT2D eigenvalue weighted by Gasteiger charge is 2.33. The lowest BCUT2D eigenvalue weighted by molar-refractivity contribution is -0.143. The first-order valence-corrected chi connectivity index (χ1v) is 7.26. The fraction of sp³-hybridized carbons (Fsp3) is 0.467. The smallest absolute Gasteiger partial charge is 0.326 e. The highest BCUT2D eigenvalue weighted by Crippen LogP contribution is 2.26. The molecule has 1 aliphatic heterocycles. The van der Waals surface area contributed by atoms with Crippen molar-refractivity contribution in [3.05, 3.63) is 23.0 Å². The van der Waals surface area contributed by atoms with E-state index in [0.717, 1.165) is 12.8 Å². The van der Waals surface area contributed by atoms with E-state index in [1.165, 1.54) is 4.90 Å². The van der Waals surface area contributed by atoms with E-state index in [9.17, 15) is 14.7 Å². The molecule has 1 N–H and O–H groups in total. The molecule has 1 fully saturated rings. The molecule has 0 aliphatic carbocycles. The predicted octanol–water partition coefficient (Wildman–Crippen LogP) is 1.92. The molecule has 7 heteroatoms. The number of hydrogen-bond donors (Lipinski definition) is 1. The third-order valence-corrected chi connectivity index (χ3v) is 4.02. The number of carbonyl (C=O) groups is 2. The van der Waals surface area contributed by atoms with Crippen LogP contribution < -0.4 is 0 Å². The maximum atomic E-state index is 12.9. The molecule has 0 unspecified atom stereocenters. The molecule has 1 amide bonds. The van der Waals surface area contributed by atoms with Gasteiger partial charge in [-0.2, -0.15) is 0 Å². The summed E-state index contributed by atoms with van der Waals surface area (Å²) in [6, 6.07) is 0.896. The summed E-state index contributed by atoms with van der Waals surface area (Å²) in [6.07, 6.45) is 2.11. The minimum atomic E-state index is -0.961. The van der Waals surface area contributed by atoms with Crippen LogP contribution in [-0.4, -0.2) is 44.6 Å². The van der Waals surface area contributed by atoms with Crippen molar-refractivity contribution in [3.63, 3.8) is 0 Å². The van der Waals surface area contributed by atoms with Gasteiger partial charge in [0.15, 0.2) is 0 Å². The summed E-state index contributed by atoms with van der Waals surface area (Å²) in [7, 11) is 0. The molecular weight excluding hydrogens is 286 g/mol. The summed E-state index contributed by atoms with van der Waals surface area (Å²) in [4.78, 5) is 30.0. The average molecular weight is 303 g/mol. The van der Waals surface area contributed by atoms with E-state index in [-0.39, 0.29) is 5.91 Å². The predicted molar refractivity (Wildman–Crippen MR) is 77.6 cm³/mol. The van der Waals surface area contributed by atoms with Gasteiger partial charge in [-0.25, -0.2) is 9.78 Å². The van der Waals surface area contributed by atoms with Crippen LogP contribution in [0.4, 0.5) is 0 Å². The number of carboxylic acid groups (broad SMARTS) is 1. The molecule has 0 radical (unpaired) electrons. The van der Waals surface area contributed by atoms with E-state index < -0.39 is 12.0 Å². The lowest BCUT2D eigenvalue weighted by Gasteiger charge is -2.33. The summed E-state index contributed by atoms with van der Waals surface area (Å²) < 4.78 is 5.13. The Kier molecular flexibility index (Phi) is 3.56. The van der Waals surface area contributed by atoms with Crippen molar-refractivity contribution in [1.29, 1.82) is 0 Å². The number of hydrogen-bond acceptors (Lipinski definition) is 5. The summed E-state index contributed by atoms with van der Waals surface area (Å²) in [5.41, 5.74) is 1.93. The lowest BCUT2D eigenvalue weighted by Crippen LogP contribution is -2.48. The van der Waals surface area contributed by atoms with Gasteiger partial charge in [0.1, 0.15) is 6.04 Å².